The van der Waals surface area contributed by atoms with Crippen LogP contribution < -0.4 is 0 Å². The lowest BCUT2D eigenvalue weighted by atomic mass is 9.58. The van der Waals surface area contributed by atoms with Gasteiger partial charge in [0.05, 0.1) is 6.61 Å². The maximum atomic E-state index is 10.4. The van der Waals surface area contributed by atoms with Crippen molar-refractivity contribution in [1.29, 1.82) is 0 Å². The standard InChI is InChI=1S/C21H34O10/c1-9-4-5-12-10(2)17(27-18-16(25)15(24)14(23)13(8-22)26-18)28-19-21(12)11(9)6-7-20(3,29-19)30-31-21/h9-19,22-25H,4-8H2,1-3H3/t9-,10-,11+,12+,13-,14-,15+,16+,17+,18-,19-,20-,21-/m1/s1. The number of hydrogen-bond donors (Lipinski definition) is 4. The van der Waals surface area contributed by atoms with Gasteiger partial charge in [-0.15, -0.1) is 0 Å². The maximum absolute atomic E-state index is 10.4. The summed E-state index contributed by atoms with van der Waals surface area (Å²) in [6.45, 7) is 5.55. The first-order valence-corrected chi connectivity index (χ1v) is 11.4. The second kappa shape index (κ2) is 7.83. The SMILES string of the molecule is C[C@H]1[C@@H](O[C@H]2O[C@H](CO)[C@@H](O)[C@H](O)[C@@H]2O)O[C@@H]2O[C@@]3(C)CC[C@H]4[C@H](C)CC[C@@H]1[C@@]24OO3. The van der Waals surface area contributed by atoms with Crippen LogP contribution in [-0.4, -0.2) is 81.7 Å². The zero-order chi connectivity index (χ0) is 22.1. The first-order valence-electron chi connectivity index (χ1n) is 11.4. The molecule has 1 saturated carbocycles. The number of ether oxygens (including phenoxy) is 4. The third-order valence-electron chi connectivity index (χ3n) is 8.21. The van der Waals surface area contributed by atoms with Crippen LogP contribution in [0.5, 0.6) is 0 Å². The van der Waals surface area contributed by atoms with Gasteiger partial charge in [-0.25, -0.2) is 9.78 Å². The zero-order valence-corrected chi connectivity index (χ0v) is 18.1. The van der Waals surface area contributed by atoms with Crippen LogP contribution >= 0.6 is 0 Å². The first kappa shape index (κ1) is 22.4. The molecule has 0 unspecified atom stereocenters. The van der Waals surface area contributed by atoms with Gasteiger partial charge in [-0.1, -0.05) is 13.8 Å². The van der Waals surface area contributed by atoms with Gasteiger partial charge in [0.1, 0.15) is 24.4 Å². The lowest BCUT2D eigenvalue weighted by molar-refractivity contribution is -0.579. The molecule has 0 radical (unpaired) electrons. The Morgan fingerprint density at radius 3 is 2.42 bits per heavy atom. The molecule has 0 aromatic rings. The zero-order valence-electron chi connectivity index (χ0n) is 18.1. The van der Waals surface area contributed by atoms with E-state index >= 15 is 0 Å². The Kier molecular flexibility index (Phi) is 5.66. The molecule has 6 rings (SSSR count). The Hall–Kier alpha value is -0.400. The molecule has 0 amide bonds. The topological polar surface area (TPSA) is 136 Å². The van der Waals surface area contributed by atoms with Crippen molar-refractivity contribution in [2.24, 2.45) is 23.7 Å². The third kappa shape index (κ3) is 3.30. The summed E-state index contributed by atoms with van der Waals surface area (Å²) in [5.41, 5.74) is -0.734. The molecular weight excluding hydrogens is 412 g/mol. The molecule has 5 heterocycles. The fourth-order valence-electron chi connectivity index (χ4n) is 6.34. The van der Waals surface area contributed by atoms with Gasteiger partial charge >= 0.3 is 0 Å². The molecule has 10 nitrogen and oxygen atoms in total. The molecule has 0 aromatic carbocycles. The quantitative estimate of drug-likeness (QED) is 0.439. The lowest BCUT2D eigenvalue weighted by Crippen LogP contribution is -2.71. The lowest BCUT2D eigenvalue weighted by Gasteiger charge is -2.60. The van der Waals surface area contributed by atoms with Crippen molar-refractivity contribution in [3.63, 3.8) is 0 Å². The monoisotopic (exact) mass is 446 g/mol. The van der Waals surface area contributed by atoms with Crippen LogP contribution in [0.4, 0.5) is 0 Å². The molecule has 4 N–H and O–H groups in total. The molecule has 6 aliphatic rings. The summed E-state index contributed by atoms with van der Waals surface area (Å²) >= 11 is 0. The average molecular weight is 446 g/mol. The van der Waals surface area contributed by atoms with Crippen molar-refractivity contribution >= 4 is 0 Å². The Bertz CT molecular complexity index is 677. The van der Waals surface area contributed by atoms with E-state index in [1.54, 1.807) is 0 Å². The largest absolute Gasteiger partial charge is 0.394 e. The molecule has 1 aliphatic carbocycles. The summed E-state index contributed by atoms with van der Waals surface area (Å²) in [6, 6.07) is 0. The Morgan fingerprint density at radius 2 is 1.68 bits per heavy atom. The van der Waals surface area contributed by atoms with Gasteiger partial charge in [-0.05, 0) is 38.0 Å². The normalized spacial score (nSPS) is 59.1. The number of rotatable bonds is 3. The van der Waals surface area contributed by atoms with E-state index in [9.17, 15) is 20.4 Å². The maximum Gasteiger partial charge on any atom is 0.201 e. The summed E-state index contributed by atoms with van der Waals surface area (Å²) in [6.07, 6.45) is -4.74. The minimum absolute atomic E-state index is 0.0324. The van der Waals surface area contributed by atoms with Gasteiger partial charge in [0, 0.05) is 18.3 Å². The van der Waals surface area contributed by atoms with Crippen molar-refractivity contribution in [3.05, 3.63) is 0 Å². The minimum Gasteiger partial charge on any atom is -0.394 e. The first-order chi connectivity index (χ1) is 14.7. The van der Waals surface area contributed by atoms with Crippen molar-refractivity contribution in [1.82, 2.24) is 0 Å². The van der Waals surface area contributed by atoms with Crippen LogP contribution in [0.25, 0.3) is 0 Å². The molecule has 5 saturated heterocycles. The molecule has 13 atom stereocenters. The van der Waals surface area contributed by atoms with E-state index in [0.29, 0.717) is 12.3 Å². The molecule has 2 bridgehead atoms. The fraction of sp³-hybridized carbons (Fsp3) is 1.00. The van der Waals surface area contributed by atoms with Crippen LogP contribution in [0.15, 0.2) is 0 Å². The van der Waals surface area contributed by atoms with Crippen molar-refractivity contribution < 1.29 is 49.1 Å². The van der Waals surface area contributed by atoms with Crippen LogP contribution in [0.1, 0.15) is 46.5 Å². The van der Waals surface area contributed by atoms with E-state index in [2.05, 4.69) is 6.92 Å². The number of hydrogen-bond acceptors (Lipinski definition) is 10. The molecule has 6 fully saturated rings. The molecule has 1 spiro atoms. The summed E-state index contributed by atoms with van der Waals surface area (Å²) in [5.74, 6) is -0.370. The van der Waals surface area contributed by atoms with Crippen molar-refractivity contribution in [2.45, 2.75) is 101 Å². The van der Waals surface area contributed by atoms with Gasteiger partial charge in [0.15, 0.2) is 24.5 Å². The van der Waals surface area contributed by atoms with Gasteiger partial charge < -0.3 is 39.4 Å². The van der Waals surface area contributed by atoms with Crippen molar-refractivity contribution in [2.75, 3.05) is 6.61 Å². The molecule has 10 heteroatoms. The Labute approximate surface area is 181 Å². The number of aliphatic hydroxyl groups excluding tert-OH is 4. The fourth-order valence-corrected chi connectivity index (χ4v) is 6.34. The molecular formula is C21H34O10. The van der Waals surface area contributed by atoms with Gasteiger partial charge in [-0.3, -0.25) is 0 Å². The highest BCUT2D eigenvalue weighted by Crippen LogP contribution is 2.60. The highest BCUT2D eigenvalue weighted by atomic mass is 17.3. The smallest absolute Gasteiger partial charge is 0.201 e. The summed E-state index contributed by atoms with van der Waals surface area (Å²) < 4.78 is 24.1. The molecule has 178 valence electrons. The van der Waals surface area contributed by atoms with E-state index in [1.807, 2.05) is 13.8 Å². The van der Waals surface area contributed by atoms with Gasteiger partial charge in [0.25, 0.3) is 0 Å². The van der Waals surface area contributed by atoms with E-state index in [-0.39, 0.29) is 17.8 Å². The predicted octanol–water partition coefficient (Wildman–Crippen LogP) is 0.0109. The second-order valence-electron chi connectivity index (χ2n) is 10.1. The van der Waals surface area contributed by atoms with E-state index < -0.39 is 61.3 Å². The molecule has 0 aromatic heterocycles. The molecule has 31 heavy (non-hydrogen) atoms. The van der Waals surface area contributed by atoms with E-state index in [1.165, 1.54) is 0 Å². The summed E-state index contributed by atoms with van der Waals surface area (Å²) in [7, 11) is 0. The minimum atomic E-state index is -1.51. The number of fused-ring (bicyclic) bond motifs is 2. The van der Waals surface area contributed by atoms with Gasteiger partial charge in [-0.2, -0.15) is 0 Å². The number of aliphatic hydroxyl groups is 4. The summed E-state index contributed by atoms with van der Waals surface area (Å²) in [5, 5.41) is 40.0. The molecule has 5 aliphatic heterocycles. The highest BCUT2D eigenvalue weighted by Gasteiger charge is 2.69. The van der Waals surface area contributed by atoms with E-state index in [0.717, 1.165) is 19.3 Å². The third-order valence-corrected chi connectivity index (χ3v) is 8.21. The van der Waals surface area contributed by atoms with Gasteiger partial charge in [0.2, 0.25) is 5.79 Å². The van der Waals surface area contributed by atoms with Crippen LogP contribution in [0.3, 0.4) is 0 Å². The van der Waals surface area contributed by atoms with Crippen molar-refractivity contribution in [3.8, 4) is 0 Å². The van der Waals surface area contributed by atoms with Crippen LogP contribution in [-0.2, 0) is 28.7 Å². The Balaban J connectivity index is 1.41. The highest BCUT2D eigenvalue weighted by molar-refractivity contribution is 5.09. The summed E-state index contributed by atoms with van der Waals surface area (Å²) in [4.78, 5) is 11.9. The van der Waals surface area contributed by atoms with Crippen LogP contribution in [0.2, 0.25) is 0 Å². The Morgan fingerprint density at radius 1 is 0.903 bits per heavy atom. The predicted molar refractivity (Wildman–Crippen MR) is 102 cm³/mol. The average Bonchev–Trinajstić information content (AvgIpc) is 2.98. The van der Waals surface area contributed by atoms with Crippen LogP contribution in [0, 0.1) is 23.7 Å². The second-order valence-corrected chi connectivity index (χ2v) is 10.1. The van der Waals surface area contributed by atoms with E-state index in [4.69, 9.17) is 28.7 Å².